The van der Waals surface area contributed by atoms with Crippen molar-refractivity contribution < 1.29 is 9.53 Å². The number of rotatable bonds is 4. The van der Waals surface area contributed by atoms with Crippen molar-refractivity contribution in [2.75, 3.05) is 11.9 Å². The molecule has 1 aliphatic rings. The van der Waals surface area contributed by atoms with Gasteiger partial charge in [0.25, 0.3) is 0 Å². The van der Waals surface area contributed by atoms with Crippen LogP contribution in [0.25, 0.3) is 15.3 Å². The Hall–Kier alpha value is -2.71. The maximum absolute atomic E-state index is 12.6. The summed E-state index contributed by atoms with van der Waals surface area (Å²) in [5.41, 5.74) is 3.92. The van der Waals surface area contributed by atoms with E-state index in [1.807, 2.05) is 44.2 Å². The van der Waals surface area contributed by atoms with Gasteiger partial charge in [-0.3, -0.25) is 4.79 Å². The number of aryl methyl sites for hydroxylation is 1. The Morgan fingerprint density at radius 1 is 1.27 bits per heavy atom. The fourth-order valence-electron chi connectivity index (χ4n) is 3.91. The van der Waals surface area contributed by atoms with E-state index in [1.165, 1.54) is 11.3 Å². The third-order valence-corrected chi connectivity index (χ3v) is 6.74. The lowest BCUT2D eigenvalue weighted by atomic mass is 9.86. The molecular formula is C22H19BrN4O2S. The van der Waals surface area contributed by atoms with Crippen molar-refractivity contribution in [3.05, 3.63) is 63.8 Å². The molecule has 1 aliphatic heterocycles. The van der Waals surface area contributed by atoms with Gasteiger partial charge in [-0.05, 0) is 49.7 Å². The van der Waals surface area contributed by atoms with Gasteiger partial charge in [-0.1, -0.05) is 39.4 Å². The van der Waals surface area contributed by atoms with E-state index in [0.717, 1.165) is 42.4 Å². The topological polar surface area (TPSA) is 69.0 Å². The van der Waals surface area contributed by atoms with E-state index in [9.17, 15) is 4.79 Å². The van der Waals surface area contributed by atoms with Crippen LogP contribution in [0.1, 0.15) is 36.1 Å². The average Bonchev–Trinajstić information content (AvgIpc) is 3.29. The molecule has 0 saturated heterocycles. The second kappa shape index (κ2) is 7.52. The molecule has 3 heterocycles. The SMILES string of the molecule is CCOc1ccc2nc(-n3nc(C)c4c3NC(=O)C[C@H]4c3ccc(Br)cc3)sc2c1. The summed E-state index contributed by atoms with van der Waals surface area (Å²) in [6.07, 6.45) is 0.402. The Morgan fingerprint density at radius 2 is 2.07 bits per heavy atom. The maximum Gasteiger partial charge on any atom is 0.226 e. The smallest absolute Gasteiger partial charge is 0.226 e. The minimum Gasteiger partial charge on any atom is -0.494 e. The van der Waals surface area contributed by atoms with Crippen LogP contribution in [0.3, 0.4) is 0 Å². The molecule has 5 rings (SSSR count). The molecule has 2 aromatic heterocycles. The highest BCUT2D eigenvalue weighted by atomic mass is 79.9. The molecule has 0 aliphatic carbocycles. The number of amides is 1. The standard InChI is InChI=1S/C22H19BrN4O2S/c1-3-29-15-8-9-17-18(10-15)30-22(24-17)27-21-20(12(2)26-27)16(11-19(28)25-21)13-4-6-14(23)7-5-13/h4-10,16H,3,11H2,1-2H3,(H,25,28)/t16-/m0/s1. The quantitative estimate of drug-likeness (QED) is 0.421. The van der Waals surface area contributed by atoms with E-state index in [4.69, 9.17) is 14.8 Å². The predicted octanol–water partition coefficient (Wildman–Crippen LogP) is 5.43. The Morgan fingerprint density at radius 3 is 2.83 bits per heavy atom. The maximum atomic E-state index is 12.6. The van der Waals surface area contributed by atoms with E-state index >= 15 is 0 Å². The van der Waals surface area contributed by atoms with Gasteiger partial charge in [-0.25, -0.2) is 4.98 Å². The number of carbonyl (C=O) groups is 1. The van der Waals surface area contributed by atoms with Crippen LogP contribution in [0, 0.1) is 6.92 Å². The Bertz CT molecular complexity index is 1260. The molecule has 1 amide bonds. The number of anilines is 1. The van der Waals surface area contributed by atoms with Crippen molar-refractivity contribution >= 4 is 49.2 Å². The molecule has 152 valence electrons. The average molecular weight is 483 g/mol. The van der Waals surface area contributed by atoms with Gasteiger partial charge in [0.15, 0.2) is 0 Å². The molecule has 4 aromatic rings. The molecule has 1 atom stereocenters. The molecule has 0 fully saturated rings. The molecule has 6 nitrogen and oxygen atoms in total. The molecular weight excluding hydrogens is 464 g/mol. The Kier molecular flexibility index (Phi) is 4.83. The highest BCUT2D eigenvalue weighted by molar-refractivity contribution is 9.10. The van der Waals surface area contributed by atoms with Crippen LogP contribution in [0.5, 0.6) is 5.75 Å². The summed E-state index contributed by atoms with van der Waals surface area (Å²) < 4.78 is 9.40. The number of ether oxygens (including phenoxy) is 1. The van der Waals surface area contributed by atoms with Gasteiger partial charge in [0.2, 0.25) is 11.0 Å². The molecule has 30 heavy (non-hydrogen) atoms. The zero-order valence-corrected chi connectivity index (χ0v) is 18.9. The summed E-state index contributed by atoms with van der Waals surface area (Å²) in [6.45, 7) is 4.57. The third kappa shape index (κ3) is 3.30. The van der Waals surface area contributed by atoms with Crippen LogP contribution in [0.15, 0.2) is 46.9 Å². The van der Waals surface area contributed by atoms with Crippen molar-refractivity contribution in [2.45, 2.75) is 26.2 Å². The number of aromatic nitrogens is 3. The normalized spacial score (nSPS) is 15.8. The van der Waals surface area contributed by atoms with Gasteiger partial charge in [-0.15, -0.1) is 0 Å². The highest BCUT2D eigenvalue weighted by Gasteiger charge is 2.33. The highest BCUT2D eigenvalue weighted by Crippen LogP contribution is 2.41. The van der Waals surface area contributed by atoms with Gasteiger partial charge >= 0.3 is 0 Å². The summed E-state index contributed by atoms with van der Waals surface area (Å²) in [5.74, 6) is 1.48. The molecule has 0 spiro atoms. The molecule has 1 N–H and O–H groups in total. The number of hydrogen-bond acceptors (Lipinski definition) is 5. The number of nitrogens with zero attached hydrogens (tertiary/aromatic N) is 3. The van der Waals surface area contributed by atoms with Crippen molar-refractivity contribution in [1.82, 2.24) is 14.8 Å². The molecule has 0 saturated carbocycles. The van der Waals surface area contributed by atoms with E-state index in [0.29, 0.717) is 18.8 Å². The van der Waals surface area contributed by atoms with Crippen LogP contribution in [0.4, 0.5) is 5.82 Å². The predicted molar refractivity (Wildman–Crippen MR) is 122 cm³/mol. The minimum atomic E-state index is -0.0328. The fourth-order valence-corrected chi connectivity index (χ4v) is 5.12. The lowest BCUT2D eigenvalue weighted by Gasteiger charge is -2.24. The zero-order chi connectivity index (χ0) is 20.8. The lowest BCUT2D eigenvalue weighted by molar-refractivity contribution is -0.116. The largest absolute Gasteiger partial charge is 0.494 e. The number of fused-ring (bicyclic) bond motifs is 2. The molecule has 0 unspecified atom stereocenters. The third-order valence-electron chi connectivity index (χ3n) is 5.22. The van der Waals surface area contributed by atoms with Crippen molar-refractivity contribution in [2.24, 2.45) is 0 Å². The molecule has 0 bridgehead atoms. The van der Waals surface area contributed by atoms with Crippen LogP contribution in [-0.2, 0) is 4.79 Å². The van der Waals surface area contributed by atoms with Crippen LogP contribution in [-0.4, -0.2) is 27.3 Å². The number of benzene rings is 2. The van der Waals surface area contributed by atoms with E-state index in [1.54, 1.807) is 4.68 Å². The first-order valence-corrected chi connectivity index (χ1v) is 11.3. The first-order chi connectivity index (χ1) is 14.5. The van der Waals surface area contributed by atoms with Crippen molar-refractivity contribution in [1.29, 1.82) is 0 Å². The first kappa shape index (κ1) is 19.3. The van der Waals surface area contributed by atoms with Gasteiger partial charge in [-0.2, -0.15) is 9.78 Å². The molecule has 0 radical (unpaired) electrons. The van der Waals surface area contributed by atoms with Crippen molar-refractivity contribution in [3.63, 3.8) is 0 Å². The summed E-state index contributed by atoms with van der Waals surface area (Å²) in [4.78, 5) is 17.3. The fraction of sp³-hybridized carbons (Fsp3) is 0.227. The van der Waals surface area contributed by atoms with Gasteiger partial charge in [0, 0.05) is 22.4 Å². The Balaban J connectivity index is 1.61. The first-order valence-electron chi connectivity index (χ1n) is 9.72. The van der Waals surface area contributed by atoms with Gasteiger partial charge in [0.1, 0.15) is 11.6 Å². The second-order valence-corrected chi connectivity index (χ2v) is 9.10. The number of nitrogens with one attached hydrogen (secondary N) is 1. The van der Waals surface area contributed by atoms with Gasteiger partial charge < -0.3 is 10.1 Å². The number of thiazole rings is 1. The zero-order valence-electron chi connectivity index (χ0n) is 16.5. The number of halogens is 1. The Labute approximate surface area is 186 Å². The van der Waals surface area contributed by atoms with Gasteiger partial charge in [0.05, 0.1) is 22.5 Å². The molecule has 8 heteroatoms. The number of hydrogen-bond donors (Lipinski definition) is 1. The lowest BCUT2D eigenvalue weighted by Crippen LogP contribution is -2.24. The van der Waals surface area contributed by atoms with E-state index in [2.05, 4.69) is 33.4 Å². The van der Waals surface area contributed by atoms with Crippen LogP contribution >= 0.6 is 27.3 Å². The summed E-state index contributed by atoms with van der Waals surface area (Å²) in [6, 6.07) is 14.0. The summed E-state index contributed by atoms with van der Waals surface area (Å²) >= 11 is 5.01. The number of carbonyl (C=O) groups excluding carboxylic acids is 1. The van der Waals surface area contributed by atoms with Crippen LogP contribution in [0.2, 0.25) is 0 Å². The summed E-state index contributed by atoms with van der Waals surface area (Å²) in [5, 5.41) is 8.50. The second-order valence-electron chi connectivity index (χ2n) is 7.17. The monoisotopic (exact) mass is 482 g/mol. The molecule has 2 aromatic carbocycles. The van der Waals surface area contributed by atoms with Crippen LogP contribution < -0.4 is 10.1 Å². The van der Waals surface area contributed by atoms with E-state index in [-0.39, 0.29) is 11.8 Å². The van der Waals surface area contributed by atoms with E-state index < -0.39 is 0 Å². The van der Waals surface area contributed by atoms with Crippen molar-refractivity contribution in [3.8, 4) is 10.9 Å². The summed E-state index contributed by atoms with van der Waals surface area (Å²) in [7, 11) is 0. The minimum absolute atomic E-state index is 0.0173.